The highest BCUT2D eigenvalue weighted by molar-refractivity contribution is 5.91. The Hall–Kier alpha value is -3.48. The van der Waals surface area contributed by atoms with Crippen molar-refractivity contribution in [3.05, 3.63) is 78.5 Å². The van der Waals surface area contributed by atoms with Crippen LogP contribution in [0.25, 0.3) is 0 Å². The van der Waals surface area contributed by atoms with Crippen LogP contribution in [-0.2, 0) is 4.79 Å². The minimum absolute atomic E-state index is 0.126. The Balaban J connectivity index is 1.53. The smallest absolute Gasteiger partial charge is 0.262 e. The maximum atomic E-state index is 13.2. The number of carbonyl (C=O) groups is 1. The second-order valence-corrected chi connectivity index (χ2v) is 5.34. The molecule has 2 aromatic carbocycles. The van der Waals surface area contributed by atoms with Crippen molar-refractivity contribution in [1.82, 2.24) is 4.98 Å². The molecule has 0 aliphatic carbocycles. The van der Waals surface area contributed by atoms with Gasteiger partial charge < -0.3 is 15.4 Å². The average molecular weight is 355 g/mol. The van der Waals surface area contributed by atoms with Gasteiger partial charge in [-0.2, -0.15) is 0 Å². The minimum Gasteiger partial charge on any atom is -0.484 e. The van der Waals surface area contributed by atoms with Crippen LogP contribution in [0.5, 0.6) is 5.75 Å². The van der Waals surface area contributed by atoms with Crippen LogP contribution in [0.2, 0.25) is 0 Å². The Kier molecular flexibility index (Phi) is 5.38. The number of amides is 1. The molecule has 7 heteroatoms. The number of benzene rings is 2. The second-order valence-electron chi connectivity index (χ2n) is 5.34. The second kappa shape index (κ2) is 8.06. The van der Waals surface area contributed by atoms with Gasteiger partial charge in [0.25, 0.3) is 5.91 Å². The number of ether oxygens (including phenoxy) is 1. The van der Waals surface area contributed by atoms with Gasteiger partial charge in [-0.3, -0.25) is 4.79 Å². The third-order valence-corrected chi connectivity index (χ3v) is 3.35. The van der Waals surface area contributed by atoms with E-state index in [9.17, 15) is 13.6 Å². The van der Waals surface area contributed by atoms with Gasteiger partial charge in [0.1, 0.15) is 11.6 Å². The standard InChI is InChI=1S/C19H15F2N3O2/c20-16-8-6-13(10-17(16)21)23-18-9-7-14(11-22-18)24-19(25)12-26-15-4-2-1-3-5-15/h1-11H,12H2,(H,22,23)(H,24,25). The fraction of sp³-hybridized carbons (Fsp3) is 0.0526. The van der Waals surface area contributed by atoms with Gasteiger partial charge in [0.05, 0.1) is 11.9 Å². The zero-order valence-electron chi connectivity index (χ0n) is 13.6. The van der Waals surface area contributed by atoms with Crippen LogP contribution < -0.4 is 15.4 Å². The predicted molar refractivity (Wildman–Crippen MR) is 94.4 cm³/mol. The van der Waals surface area contributed by atoms with Crippen molar-refractivity contribution in [3.63, 3.8) is 0 Å². The van der Waals surface area contributed by atoms with E-state index in [-0.39, 0.29) is 12.5 Å². The molecular formula is C19H15F2N3O2. The van der Waals surface area contributed by atoms with E-state index in [1.807, 2.05) is 18.2 Å². The van der Waals surface area contributed by atoms with Gasteiger partial charge in [0, 0.05) is 11.8 Å². The Labute approximate surface area is 148 Å². The third-order valence-electron chi connectivity index (χ3n) is 3.35. The van der Waals surface area contributed by atoms with Crippen LogP contribution in [0.15, 0.2) is 66.9 Å². The fourth-order valence-electron chi connectivity index (χ4n) is 2.13. The first kappa shape index (κ1) is 17.3. The number of carbonyl (C=O) groups excluding carboxylic acids is 1. The van der Waals surface area contributed by atoms with Gasteiger partial charge in [-0.15, -0.1) is 0 Å². The highest BCUT2D eigenvalue weighted by Crippen LogP contribution is 2.18. The summed E-state index contributed by atoms with van der Waals surface area (Å²) in [5, 5.41) is 5.50. The first-order valence-corrected chi connectivity index (χ1v) is 7.76. The SMILES string of the molecule is O=C(COc1ccccc1)Nc1ccc(Nc2ccc(F)c(F)c2)nc1. The Morgan fingerprint density at radius 1 is 0.962 bits per heavy atom. The summed E-state index contributed by atoms with van der Waals surface area (Å²) in [6.07, 6.45) is 1.45. The van der Waals surface area contributed by atoms with E-state index in [1.54, 1.807) is 24.3 Å². The number of para-hydroxylation sites is 1. The number of rotatable bonds is 6. The van der Waals surface area contributed by atoms with Crippen molar-refractivity contribution in [2.45, 2.75) is 0 Å². The maximum absolute atomic E-state index is 13.2. The van der Waals surface area contributed by atoms with Crippen LogP contribution in [0.4, 0.5) is 26.0 Å². The van der Waals surface area contributed by atoms with Crippen molar-refractivity contribution in [3.8, 4) is 5.75 Å². The zero-order chi connectivity index (χ0) is 18.4. The number of pyridine rings is 1. The van der Waals surface area contributed by atoms with Crippen molar-refractivity contribution in [1.29, 1.82) is 0 Å². The number of hydrogen-bond acceptors (Lipinski definition) is 4. The van der Waals surface area contributed by atoms with E-state index in [1.165, 1.54) is 12.3 Å². The quantitative estimate of drug-likeness (QED) is 0.698. The molecule has 0 fully saturated rings. The van der Waals surface area contributed by atoms with Gasteiger partial charge in [0.2, 0.25) is 0 Å². The number of halogens is 2. The highest BCUT2D eigenvalue weighted by atomic mass is 19.2. The van der Waals surface area contributed by atoms with E-state index in [0.29, 0.717) is 22.9 Å². The summed E-state index contributed by atoms with van der Waals surface area (Å²) in [5.74, 6) is -1.16. The topological polar surface area (TPSA) is 63.2 Å². The number of anilines is 3. The van der Waals surface area contributed by atoms with Crippen LogP contribution in [0.3, 0.4) is 0 Å². The maximum Gasteiger partial charge on any atom is 0.262 e. The van der Waals surface area contributed by atoms with Crippen LogP contribution in [0, 0.1) is 11.6 Å². The molecule has 0 spiro atoms. The Morgan fingerprint density at radius 2 is 1.73 bits per heavy atom. The molecule has 132 valence electrons. The molecule has 0 unspecified atom stereocenters. The van der Waals surface area contributed by atoms with E-state index in [0.717, 1.165) is 12.1 Å². The van der Waals surface area contributed by atoms with E-state index in [2.05, 4.69) is 15.6 Å². The molecule has 0 radical (unpaired) electrons. The molecule has 1 amide bonds. The van der Waals surface area contributed by atoms with Gasteiger partial charge in [0.15, 0.2) is 18.2 Å². The molecule has 0 saturated heterocycles. The first-order chi connectivity index (χ1) is 12.6. The molecule has 2 N–H and O–H groups in total. The molecular weight excluding hydrogens is 340 g/mol. The lowest BCUT2D eigenvalue weighted by Gasteiger charge is -2.09. The number of hydrogen-bond donors (Lipinski definition) is 2. The molecule has 3 aromatic rings. The van der Waals surface area contributed by atoms with Crippen LogP contribution in [-0.4, -0.2) is 17.5 Å². The molecule has 0 saturated carbocycles. The summed E-state index contributed by atoms with van der Waals surface area (Å²) in [6, 6.07) is 15.7. The van der Waals surface area contributed by atoms with Crippen molar-refractivity contribution < 1.29 is 18.3 Å². The Morgan fingerprint density at radius 3 is 2.42 bits per heavy atom. The van der Waals surface area contributed by atoms with Gasteiger partial charge >= 0.3 is 0 Å². The summed E-state index contributed by atoms with van der Waals surface area (Å²) in [6.45, 7) is -0.126. The molecule has 1 heterocycles. The summed E-state index contributed by atoms with van der Waals surface area (Å²) in [5.41, 5.74) is 0.854. The van der Waals surface area contributed by atoms with E-state index >= 15 is 0 Å². The van der Waals surface area contributed by atoms with E-state index < -0.39 is 11.6 Å². The molecule has 1 aromatic heterocycles. The third kappa shape index (κ3) is 4.76. The van der Waals surface area contributed by atoms with Gasteiger partial charge in [-0.25, -0.2) is 13.8 Å². The molecule has 5 nitrogen and oxygen atoms in total. The lowest BCUT2D eigenvalue weighted by atomic mass is 10.3. The molecule has 0 bridgehead atoms. The number of nitrogens with one attached hydrogen (secondary N) is 2. The van der Waals surface area contributed by atoms with Gasteiger partial charge in [-0.05, 0) is 36.4 Å². The highest BCUT2D eigenvalue weighted by Gasteiger charge is 2.06. The summed E-state index contributed by atoms with van der Waals surface area (Å²) >= 11 is 0. The summed E-state index contributed by atoms with van der Waals surface area (Å²) in [4.78, 5) is 16.0. The fourth-order valence-corrected chi connectivity index (χ4v) is 2.13. The van der Waals surface area contributed by atoms with E-state index in [4.69, 9.17) is 4.74 Å². The van der Waals surface area contributed by atoms with Crippen molar-refractivity contribution >= 4 is 23.1 Å². The lowest BCUT2D eigenvalue weighted by molar-refractivity contribution is -0.118. The largest absolute Gasteiger partial charge is 0.484 e. The predicted octanol–water partition coefficient (Wildman–Crippen LogP) is 4.12. The average Bonchev–Trinajstić information content (AvgIpc) is 2.65. The first-order valence-electron chi connectivity index (χ1n) is 7.76. The number of nitrogens with zero attached hydrogens (tertiary/aromatic N) is 1. The molecule has 3 rings (SSSR count). The zero-order valence-corrected chi connectivity index (χ0v) is 13.6. The summed E-state index contributed by atoms with van der Waals surface area (Å²) in [7, 11) is 0. The molecule has 0 aliphatic heterocycles. The van der Waals surface area contributed by atoms with Crippen molar-refractivity contribution in [2.75, 3.05) is 17.2 Å². The molecule has 0 atom stereocenters. The minimum atomic E-state index is -0.947. The lowest BCUT2D eigenvalue weighted by Crippen LogP contribution is -2.20. The summed E-state index contributed by atoms with van der Waals surface area (Å²) < 4.78 is 31.5. The monoisotopic (exact) mass is 355 g/mol. The van der Waals surface area contributed by atoms with Crippen LogP contribution in [0.1, 0.15) is 0 Å². The normalized spacial score (nSPS) is 10.2. The number of aromatic nitrogens is 1. The Bertz CT molecular complexity index is 887. The van der Waals surface area contributed by atoms with Gasteiger partial charge in [-0.1, -0.05) is 18.2 Å². The molecule has 0 aliphatic rings. The van der Waals surface area contributed by atoms with Crippen LogP contribution >= 0.6 is 0 Å². The molecule has 26 heavy (non-hydrogen) atoms. The van der Waals surface area contributed by atoms with Crippen molar-refractivity contribution in [2.24, 2.45) is 0 Å².